The normalized spacial score (nSPS) is 11.1. The number of aliphatic hydroxyl groups is 2. The van der Waals surface area contributed by atoms with Crippen LogP contribution in [0.15, 0.2) is 0 Å². The number of Topliss-reactive ketones (excluding diaryl/α,β-unsaturated/α-hetero) is 2. The number of carbonyl (C=O) groups excluding carboxylic acids is 4. The number of carbonyl (C=O) groups is 4. The monoisotopic (exact) mass is 697 g/mol. The molecule has 41 heavy (non-hydrogen) atoms. The fourth-order valence-electron chi connectivity index (χ4n) is 1.22. The highest BCUT2D eigenvalue weighted by Gasteiger charge is 2.13. The predicted molar refractivity (Wildman–Crippen MR) is 170 cm³/mol. The first-order valence-corrected chi connectivity index (χ1v) is 14.7. The van der Waals surface area contributed by atoms with Crippen LogP contribution in [0.3, 0.4) is 0 Å². The number of ether oxygens (including phenoxy) is 3. The number of methoxy groups -OCH3 is 1. The molecule has 250 valence electrons. The lowest BCUT2D eigenvalue weighted by molar-refractivity contribution is -0.140. The first kappa shape index (κ1) is 59.5. The summed E-state index contributed by atoms with van der Waals surface area (Å²) in [6.07, 6.45) is 4.16. The van der Waals surface area contributed by atoms with E-state index in [1.807, 2.05) is 6.92 Å². The molecule has 0 aromatic carbocycles. The van der Waals surface area contributed by atoms with Crippen molar-refractivity contribution >= 4 is 81.5 Å². The van der Waals surface area contributed by atoms with E-state index in [2.05, 4.69) is 9.47 Å². The summed E-state index contributed by atoms with van der Waals surface area (Å²) in [6, 6.07) is 1.75. The van der Waals surface area contributed by atoms with Gasteiger partial charge in [-0.1, -0.05) is 41.7 Å². The summed E-state index contributed by atoms with van der Waals surface area (Å²) in [5.74, 6) is -0.0347. The van der Waals surface area contributed by atoms with Gasteiger partial charge in [0.25, 0.3) is 0 Å². The molecule has 15 heteroatoms. The zero-order chi connectivity index (χ0) is 34.7. The minimum atomic E-state index is -0.750. The lowest BCUT2D eigenvalue weighted by Crippen LogP contribution is -2.06. The molecule has 1 rings (SSSR count). The van der Waals surface area contributed by atoms with Crippen molar-refractivity contribution in [2.45, 2.75) is 98.4 Å². The summed E-state index contributed by atoms with van der Waals surface area (Å²) in [5, 5.41) is 23.5. The molecule has 0 aromatic heterocycles. The number of rotatable bonds is 4. The summed E-state index contributed by atoms with van der Waals surface area (Å²) < 4.78 is 13.0. The predicted octanol–water partition coefficient (Wildman–Crippen LogP) is 6.81. The van der Waals surface area contributed by atoms with Crippen LogP contribution in [0.25, 0.3) is 0 Å². The number of nitriles is 1. The van der Waals surface area contributed by atoms with E-state index in [9.17, 15) is 19.2 Å². The molecule has 0 amide bonds. The number of ketones is 2. The van der Waals surface area contributed by atoms with Crippen LogP contribution in [0.2, 0.25) is 0 Å². The summed E-state index contributed by atoms with van der Waals surface area (Å²) in [6.45, 7) is 16.0. The van der Waals surface area contributed by atoms with Gasteiger partial charge in [-0.05, 0) is 53.9 Å². The van der Waals surface area contributed by atoms with Crippen molar-refractivity contribution in [3.8, 4) is 6.07 Å². The average molecular weight is 700 g/mol. The number of halogens is 5. The zero-order valence-electron chi connectivity index (χ0n) is 26.1. The van der Waals surface area contributed by atoms with Crippen LogP contribution in [0, 0.1) is 11.3 Å². The Morgan fingerprint density at radius 3 is 1.37 bits per heavy atom. The van der Waals surface area contributed by atoms with Crippen molar-refractivity contribution < 1.29 is 43.6 Å². The maximum absolute atomic E-state index is 9.82. The van der Waals surface area contributed by atoms with Crippen LogP contribution in [0.4, 0.5) is 0 Å². The van der Waals surface area contributed by atoms with E-state index < -0.39 is 4.30 Å². The summed E-state index contributed by atoms with van der Waals surface area (Å²) >= 11 is 23.9. The van der Waals surface area contributed by atoms with Crippen molar-refractivity contribution in [2.24, 2.45) is 0 Å². The van der Waals surface area contributed by atoms with Crippen molar-refractivity contribution in [3.63, 3.8) is 0 Å². The molecule has 0 bridgehead atoms. The molecular weight excluding hydrogens is 648 g/mol. The minimum Gasteiger partial charge on any atom is -0.469 e. The maximum Gasteiger partial charge on any atom is 0.302 e. The fourth-order valence-corrected chi connectivity index (χ4v) is 1.22. The first-order valence-electron chi connectivity index (χ1n) is 12.3. The Bertz CT molecular complexity index is 537. The van der Waals surface area contributed by atoms with Gasteiger partial charge in [-0.2, -0.15) is 5.26 Å². The lowest BCUT2D eigenvalue weighted by atomic mass is 10.2. The van der Waals surface area contributed by atoms with E-state index >= 15 is 0 Å². The van der Waals surface area contributed by atoms with Gasteiger partial charge in [0, 0.05) is 47.0 Å². The molecule has 0 spiro atoms. The van der Waals surface area contributed by atoms with Gasteiger partial charge in [0.1, 0.15) is 11.6 Å². The van der Waals surface area contributed by atoms with Crippen LogP contribution < -0.4 is 0 Å². The quantitative estimate of drug-likeness (QED) is 0.236. The maximum atomic E-state index is 9.82. The molecule has 1 heterocycles. The number of alkyl halides is 5. The van der Waals surface area contributed by atoms with E-state index in [0.29, 0.717) is 19.1 Å². The fraction of sp³-hybridized carbons (Fsp3) is 0.808. The second-order valence-corrected chi connectivity index (χ2v) is 9.41. The molecule has 0 aliphatic carbocycles. The number of nitrogens with zero attached hydrogens (tertiary/aromatic N) is 1. The van der Waals surface area contributed by atoms with E-state index in [0.717, 1.165) is 19.4 Å². The second kappa shape index (κ2) is 62.6. The summed E-state index contributed by atoms with van der Waals surface area (Å²) in [5.41, 5.74) is 0. The second-order valence-electron chi connectivity index (χ2n) is 6.62. The molecule has 1 atom stereocenters. The molecule has 10 nitrogen and oxygen atoms in total. The van der Waals surface area contributed by atoms with Gasteiger partial charge in [-0.25, -0.2) is 0 Å². The van der Waals surface area contributed by atoms with Gasteiger partial charge in [0.2, 0.25) is 0 Å². The molecule has 1 saturated heterocycles. The number of hydrogen-bond acceptors (Lipinski definition) is 10. The Kier molecular flexibility index (Phi) is 90.9. The topological polar surface area (TPSA) is 160 Å². The molecule has 1 unspecified atom stereocenters. The van der Waals surface area contributed by atoms with E-state index in [-0.39, 0.29) is 42.1 Å². The van der Waals surface area contributed by atoms with Gasteiger partial charge in [0.15, 0.2) is 4.30 Å². The number of aliphatic hydroxyl groups excluding tert-OH is 2. The van der Waals surface area contributed by atoms with Gasteiger partial charge in [-0.15, -0.1) is 23.2 Å². The highest BCUT2D eigenvalue weighted by molar-refractivity contribution is 6.63. The molecule has 1 aliphatic rings. The molecule has 2 N–H and O–H groups in total. The van der Waals surface area contributed by atoms with Gasteiger partial charge in [0.05, 0.1) is 31.2 Å². The van der Waals surface area contributed by atoms with E-state index in [4.69, 9.17) is 78.2 Å². The Labute approximate surface area is 272 Å². The molecule has 1 fully saturated rings. The Morgan fingerprint density at radius 1 is 0.976 bits per heavy atom. The van der Waals surface area contributed by atoms with Crippen LogP contribution in [-0.2, 0) is 33.4 Å². The Hall–Kier alpha value is -0.900. The molecule has 0 saturated carbocycles. The third-order valence-electron chi connectivity index (χ3n) is 2.61. The van der Waals surface area contributed by atoms with Gasteiger partial charge in [-0.3, -0.25) is 9.59 Å². The Balaban J connectivity index is -0.0000000510. The van der Waals surface area contributed by atoms with Crippen molar-refractivity contribution in [3.05, 3.63) is 0 Å². The number of hydrogen-bond donors (Lipinski definition) is 2. The van der Waals surface area contributed by atoms with Crippen molar-refractivity contribution in [2.75, 3.05) is 38.9 Å². The van der Waals surface area contributed by atoms with Crippen LogP contribution >= 0.6 is 58.0 Å². The highest BCUT2D eigenvalue weighted by Crippen LogP contribution is 2.13. The molecular formula is C26H52Cl5NO9. The third kappa shape index (κ3) is 208. The molecule has 0 aromatic rings. The van der Waals surface area contributed by atoms with Gasteiger partial charge >= 0.3 is 11.9 Å². The largest absolute Gasteiger partial charge is 0.469 e. The third-order valence-corrected chi connectivity index (χ3v) is 2.61. The minimum absolute atomic E-state index is 0.167. The van der Waals surface area contributed by atoms with Crippen molar-refractivity contribution in [1.82, 2.24) is 0 Å². The average Bonchev–Trinajstić information content (AvgIpc) is 3.35. The standard InChI is InChI=1S/C6H12O2.C4H8O2.C4H8O.C3H6O2.C3H6O.C2H3N.C2H6O.CHCl3.CH2Cl2/c7-4-3-6-2-1-5-8-6;1-3-6-4(2)5;1-3-4(2)5;1-3(4)5-2;1-3(2)4;2*1-2-3;2-1(3)4;2-1-3/h6-7H,1-5H2;3H2,1-2H3;3H2,1-2H3;1-2H3;1-2H3;1H3;3H,2H2,1H3;1H;1H2. The van der Waals surface area contributed by atoms with Gasteiger partial charge < -0.3 is 34.0 Å². The smallest absolute Gasteiger partial charge is 0.302 e. The molecule has 0 radical (unpaired) electrons. The van der Waals surface area contributed by atoms with E-state index in [1.165, 1.54) is 48.1 Å². The SMILES string of the molecule is CC#N.CC(C)=O.CCC(C)=O.CCO.CCOC(C)=O.COC(C)=O.ClC(Cl)Cl.ClCCl.OCCC1CCCO1. The van der Waals surface area contributed by atoms with Crippen LogP contribution in [0.5, 0.6) is 0 Å². The van der Waals surface area contributed by atoms with E-state index in [1.54, 1.807) is 26.8 Å². The summed E-state index contributed by atoms with van der Waals surface area (Å²) in [7, 11) is 1.35. The van der Waals surface area contributed by atoms with Crippen LogP contribution in [-0.4, -0.2) is 83.0 Å². The lowest BCUT2D eigenvalue weighted by Gasteiger charge is -2.03. The zero-order valence-corrected chi connectivity index (χ0v) is 29.9. The highest BCUT2D eigenvalue weighted by atomic mass is 35.6. The summed E-state index contributed by atoms with van der Waals surface area (Å²) in [4.78, 5) is 38.7. The first-order chi connectivity index (χ1) is 18.9. The molecule has 1 aliphatic heterocycles. The van der Waals surface area contributed by atoms with Crippen LogP contribution in [0.1, 0.15) is 88.0 Å². The Morgan fingerprint density at radius 2 is 1.27 bits per heavy atom. The van der Waals surface area contributed by atoms with Crippen molar-refractivity contribution in [1.29, 1.82) is 5.26 Å². The number of esters is 2.